The van der Waals surface area contributed by atoms with Crippen LogP contribution >= 0.6 is 11.6 Å². The first-order chi connectivity index (χ1) is 21.1. The number of rotatable bonds is 3. The van der Waals surface area contributed by atoms with E-state index in [0.29, 0.717) is 38.5 Å². The number of aliphatic hydroxyl groups is 1. The third kappa shape index (κ3) is 6.13. The first-order valence-electron chi connectivity index (χ1n) is 15.9. The molecule has 6 atom stereocenters. The molecule has 10 heteroatoms. The Bertz CT molecular complexity index is 1530. The molecule has 2 bridgehead atoms. The second-order valence-corrected chi connectivity index (χ2v) is 15.4. The molecular weight excluding hydrogens is 600 g/mol. The summed E-state index contributed by atoms with van der Waals surface area (Å²) in [4.78, 5) is 15.8. The monoisotopic (exact) mass is 642 g/mol. The fourth-order valence-corrected chi connectivity index (χ4v) is 9.31. The molecule has 1 saturated carbocycles. The summed E-state index contributed by atoms with van der Waals surface area (Å²) < 4.78 is 41.5. The number of carbonyl (C=O) groups excluding carboxylic acids is 1. The quantitative estimate of drug-likeness (QED) is 0.440. The van der Waals surface area contributed by atoms with Crippen LogP contribution in [0.15, 0.2) is 48.6 Å². The van der Waals surface area contributed by atoms with E-state index in [1.54, 1.807) is 18.2 Å². The molecule has 1 amide bonds. The van der Waals surface area contributed by atoms with Crippen LogP contribution in [0.25, 0.3) is 0 Å². The highest BCUT2D eigenvalue weighted by molar-refractivity contribution is 7.90. The molecule has 2 aromatic rings. The van der Waals surface area contributed by atoms with Gasteiger partial charge in [0.2, 0.25) is 10.0 Å². The van der Waals surface area contributed by atoms with E-state index >= 15 is 0 Å². The summed E-state index contributed by atoms with van der Waals surface area (Å²) in [5, 5.41) is 11.0. The molecule has 1 spiro atoms. The summed E-state index contributed by atoms with van der Waals surface area (Å²) in [5.74, 6) is 0.0331. The number of nitrogens with zero attached hydrogens (tertiary/aromatic N) is 1. The highest BCUT2D eigenvalue weighted by atomic mass is 35.5. The number of carbonyl (C=O) groups is 1. The molecule has 0 radical (unpaired) electrons. The number of sulfonamides is 1. The molecule has 4 aliphatic rings. The van der Waals surface area contributed by atoms with Gasteiger partial charge in [-0.2, -0.15) is 0 Å². The minimum Gasteiger partial charge on any atom is -0.490 e. The molecule has 2 N–H and O–H groups in total. The van der Waals surface area contributed by atoms with E-state index < -0.39 is 27.3 Å². The number of aryl methyl sites for hydroxylation is 1. The topological polar surface area (TPSA) is 105 Å². The summed E-state index contributed by atoms with van der Waals surface area (Å²) in [6.07, 6.45) is 8.40. The van der Waals surface area contributed by atoms with E-state index in [1.807, 2.05) is 32.1 Å². The Kier molecular flexibility index (Phi) is 9.03. The number of allylic oxidation sites excluding steroid dienone is 1. The zero-order valence-electron chi connectivity index (χ0n) is 25.5. The van der Waals surface area contributed by atoms with Gasteiger partial charge in [-0.1, -0.05) is 36.7 Å². The van der Waals surface area contributed by atoms with Crippen LogP contribution < -0.4 is 14.4 Å². The third-order valence-corrected chi connectivity index (χ3v) is 12.4. The molecular formula is C34H43ClN2O6S. The lowest BCUT2D eigenvalue weighted by molar-refractivity contribution is 0.0455. The minimum atomic E-state index is -4.07. The van der Waals surface area contributed by atoms with Crippen molar-refractivity contribution >= 4 is 33.2 Å². The molecule has 238 valence electrons. The third-order valence-electron chi connectivity index (χ3n) is 10.3. The first kappa shape index (κ1) is 31.4. The Labute approximate surface area is 265 Å². The Morgan fingerprint density at radius 3 is 2.82 bits per heavy atom. The maximum absolute atomic E-state index is 13.6. The van der Waals surface area contributed by atoms with Crippen molar-refractivity contribution < 1.29 is 27.8 Å². The van der Waals surface area contributed by atoms with Gasteiger partial charge < -0.3 is 19.5 Å². The largest absolute Gasteiger partial charge is 0.490 e. The number of amides is 1. The van der Waals surface area contributed by atoms with Crippen LogP contribution in [-0.2, 0) is 26.6 Å². The Morgan fingerprint density at radius 1 is 1.20 bits per heavy atom. The van der Waals surface area contributed by atoms with Crippen LogP contribution in [0.4, 0.5) is 5.69 Å². The summed E-state index contributed by atoms with van der Waals surface area (Å²) in [6.45, 7) is 5.86. The summed E-state index contributed by atoms with van der Waals surface area (Å²) >= 11 is 6.40. The van der Waals surface area contributed by atoms with Crippen LogP contribution in [0.2, 0.25) is 5.02 Å². The molecule has 0 saturated heterocycles. The Balaban J connectivity index is 1.41. The number of aliphatic hydroxyl groups excluding tert-OH is 1. The predicted octanol–water partition coefficient (Wildman–Crippen LogP) is 5.26. The Morgan fingerprint density at radius 2 is 2.05 bits per heavy atom. The van der Waals surface area contributed by atoms with Gasteiger partial charge in [0.1, 0.15) is 11.0 Å². The average Bonchev–Trinajstić information content (AvgIpc) is 3.11. The lowest BCUT2D eigenvalue weighted by atomic mass is 9.68. The molecule has 3 unspecified atom stereocenters. The van der Waals surface area contributed by atoms with Crippen molar-refractivity contribution in [1.82, 2.24) is 4.72 Å². The lowest BCUT2D eigenvalue weighted by Gasteiger charge is -2.45. The van der Waals surface area contributed by atoms with Gasteiger partial charge in [-0.25, -0.2) is 13.1 Å². The molecule has 2 aliphatic heterocycles. The van der Waals surface area contributed by atoms with Crippen molar-refractivity contribution in [2.45, 2.75) is 69.1 Å². The van der Waals surface area contributed by atoms with Crippen LogP contribution in [0.1, 0.15) is 67.4 Å². The number of halogens is 1. The van der Waals surface area contributed by atoms with Crippen molar-refractivity contribution in [3.05, 3.63) is 70.3 Å². The van der Waals surface area contributed by atoms with Crippen LogP contribution in [0.5, 0.6) is 5.75 Å². The van der Waals surface area contributed by atoms with E-state index in [0.717, 1.165) is 42.8 Å². The van der Waals surface area contributed by atoms with Gasteiger partial charge in [0.05, 0.1) is 25.0 Å². The number of hydrogen-bond acceptors (Lipinski definition) is 7. The molecule has 2 aromatic carbocycles. The standard InChI is InChI=1S/C34H43ClN2O6S/c1-3-42-19-32-22(2)6-4-8-30(38)27-12-9-25(27)18-37-20-34(15-5-7-23-16-26(35)11-13-28(23)34)21-43-31-14-10-24(17-29(31)37)33(39)36-44(32,40)41/h4,8,10-11,13-14,16-17,22,25,27,30,32,38H,3,5-7,9,12,15,18-21H2,1-2H3,(H,36,39)/b8-4+/t22-,25?,27?,30?,32-,34-/m0/s1. The van der Waals surface area contributed by atoms with Crippen molar-refractivity contribution in [3.63, 3.8) is 0 Å². The molecule has 0 aromatic heterocycles. The highest BCUT2D eigenvalue weighted by Gasteiger charge is 2.44. The van der Waals surface area contributed by atoms with E-state index in [-0.39, 0.29) is 35.3 Å². The van der Waals surface area contributed by atoms with Gasteiger partial charge in [0.15, 0.2) is 0 Å². The number of benzene rings is 2. The van der Waals surface area contributed by atoms with Gasteiger partial charge in [-0.15, -0.1) is 0 Å². The van der Waals surface area contributed by atoms with Crippen molar-refractivity contribution in [2.75, 3.05) is 37.8 Å². The summed E-state index contributed by atoms with van der Waals surface area (Å²) in [6, 6.07) is 11.3. The smallest absolute Gasteiger partial charge is 0.264 e. The lowest BCUT2D eigenvalue weighted by Crippen LogP contribution is -2.49. The number of anilines is 1. The normalized spacial score (nSPS) is 32.3. The second-order valence-electron chi connectivity index (χ2n) is 13.1. The van der Waals surface area contributed by atoms with Crippen LogP contribution in [-0.4, -0.2) is 63.7 Å². The zero-order valence-corrected chi connectivity index (χ0v) is 27.1. The molecule has 8 nitrogen and oxygen atoms in total. The molecule has 2 aliphatic carbocycles. The number of hydrogen-bond donors (Lipinski definition) is 2. The Hall–Kier alpha value is -2.59. The van der Waals surface area contributed by atoms with E-state index in [4.69, 9.17) is 21.1 Å². The second kappa shape index (κ2) is 12.7. The van der Waals surface area contributed by atoms with Crippen LogP contribution in [0.3, 0.4) is 0 Å². The SMILES string of the molecule is CCOC[C@H]1[C@@H](C)C/C=C/C(O)C2CCC2CN2C[C@@]3(CCCc4cc(Cl)ccc43)COc3ccc(cc32)C(=O)NS1(=O)=O. The van der Waals surface area contributed by atoms with E-state index in [9.17, 15) is 18.3 Å². The molecule has 6 rings (SSSR count). The fraction of sp³-hybridized carbons (Fsp3) is 0.559. The van der Waals surface area contributed by atoms with Crippen molar-refractivity contribution in [1.29, 1.82) is 0 Å². The molecule has 2 heterocycles. The van der Waals surface area contributed by atoms with Gasteiger partial charge in [-0.05, 0) is 105 Å². The van der Waals surface area contributed by atoms with Gasteiger partial charge >= 0.3 is 0 Å². The summed E-state index contributed by atoms with van der Waals surface area (Å²) in [5.41, 5.74) is 3.25. The van der Waals surface area contributed by atoms with Crippen LogP contribution in [0, 0.1) is 17.8 Å². The fourth-order valence-electron chi connectivity index (χ4n) is 7.59. The van der Waals surface area contributed by atoms with Gasteiger partial charge in [-0.3, -0.25) is 4.79 Å². The van der Waals surface area contributed by atoms with Gasteiger partial charge in [0, 0.05) is 35.7 Å². The molecule has 1 fully saturated rings. The van der Waals surface area contributed by atoms with E-state index in [2.05, 4.69) is 21.8 Å². The average molecular weight is 643 g/mol. The maximum atomic E-state index is 13.6. The zero-order chi connectivity index (χ0) is 31.1. The first-order valence-corrected chi connectivity index (χ1v) is 17.8. The molecule has 44 heavy (non-hydrogen) atoms. The van der Waals surface area contributed by atoms with Crippen molar-refractivity contribution in [2.24, 2.45) is 17.8 Å². The number of fused-ring (bicyclic) bond motifs is 4. The highest BCUT2D eigenvalue weighted by Crippen LogP contribution is 2.46. The minimum absolute atomic E-state index is 0.0258. The summed E-state index contributed by atoms with van der Waals surface area (Å²) in [7, 11) is -4.07. The number of nitrogens with one attached hydrogen (secondary N) is 1. The maximum Gasteiger partial charge on any atom is 0.264 e. The van der Waals surface area contributed by atoms with Gasteiger partial charge in [0.25, 0.3) is 5.91 Å². The van der Waals surface area contributed by atoms with E-state index in [1.165, 1.54) is 11.1 Å². The van der Waals surface area contributed by atoms with Crippen molar-refractivity contribution in [3.8, 4) is 5.75 Å². The number of ether oxygens (including phenoxy) is 2. The predicted molar refractivity (Wildman–Crippen MR) is 172 cm³/mol.